The van der Waals surface area contributed by atoms with Crippen molar-refractivity contribution in [3.63, 3.8) is 0 Å². The van der Waals surface area contributed by atoms with E-state index < -0.39 is 5.97 Å². The molecule has 0 aromatic carbocycles. The van der Waals surface area contributed by atoms with Crippen molar-refractivity contribution >= 4 is 18.6 Å². The molecular formula is C8H11N3O2S. The smallest absolute Gasteiger partial charge is 0.334 e. The lowest BCUT2D eigenvalue weighted by Gasteiger charge is -2.04. The molecule has 0 saturated carbocycles. The van der Waals surface area contributed by atoms with Crippen LogP contribution in [0.15, 0.2) is 17.3 Å². The molecule has 0 radical (unpaired) electrons. The molecule has 0 fully saturated rings. The third-order valence-electron chi connectivity index (χ3n) is 1.51. The van der Waals surface area contributed by atoms with E-state index in [2.05, 4.69) is 29.3 Å². The highest BCUT2D eigenvalue weighted by Gasteiger charge is 2.06. The summed E-state index contributed by atoms with van der Waals surface area (Å²) in [7, 11) is 0. The van der Waals surface area contributed by atoms with E-state index in [0.29, 0.717) is 16.6 Å². The van der Waals surface area contributed by atoms with Crippen LogP contribution in [0.4, 0.5) is 0 Å². The summed E-state index contributed by atoms with van der Waals surface area (Å²) in [6.07, 6.45) is 0. The third kappa shape index (κ3) is 2.59. The van der Waals surface area contributed by atoms with Crippen LogP contribution in [0.5, 0.6) is 0 Å². The Morgan fingerprint density at radius 2 is 2.36 bits per heavy atom. The Bertz CT molecular complexity index is 373. The van der Waals surface area contributed by atoms with Crippen LogP contribution in [0.25, 0.3) is 0 Å². The summed E-state index contributed by atoms with van der Waals surface area (Å²) >= 11 is 3.96. The van der Waals surface area contributed by atoms with Crippen molar-refractivity contribution in [2.75, 3.05) is 0 Å². The van der Waals surface area contributed by atoms with Gasteiger partial charge in [0.15, 0.2) is 6.73 Å². The topological polar surface area (TPSA) is 57.0 Å². The minimum absolute atomic E-state index is 0.0328. The van der Waals surface area contributed by atoms with E-state index in [1.807, 2.05) is 0 Å². The molecule has 0 saturated heterocycles. The normalized spacial score (nSPS) is 9.93. The number of rotatable bonds is 3. The number of hydrogen-bond donors (Lipinski definition) is 1. The fourth-order valence-corrected chi connectivity index (χ4v) is 1.02. The Labute approximate surface area is 87.2 Å². The van der Waals surface area contributed by atoms with Gasteiger partial charge < -0.3 is 4.74 Å². The van der Waals surface area contributed by atoms with Gasteiger partial charge in [0, 0.05) is 5.57 Å². The summed E-state index contributed by atoms with van der Waals surface area (Å²) in [5.41, 5.74) is 0.355. The monoisotopic (exact) mass is 213 g/mol. The van der Waals surface area contributed by atoms with Crippen LogP contribution in [-0.2, 0) is 16.3 Å². The summed E-state index contributed by atoms with van der Waals surface area (Å²) in [4.78, 5) is 15.0. The lowest BCUT2D eigenvalue weighted by Crippen LogP contribution is -2.12. The Kier molecular flexibility index (Phi) is 3.29. The molecule has 0 amide bonds. The first-order valence-electron chi connectivity index (χ1n) is 3.93. The maximum Gasteiger partial charge on any atom is 0.334 e. The zero-order chi connectivity index (χ0) is 10.7. The number of aromatic nitrogens is 3. The minimum atomic E-state index is -0.444. The molecule has 1 rings (SSSR count). The second-order valence-electron chi connectivity index (χ2n) is 2.80. The number of carbonyl (C=O) groups excluding carboxylic acids is 1. The molecule has 0 N–H and O–H groups in total. The molecule has 0 aliphatic carbocycles. The van der Waals surface area contributed by atoms with Crippen LogP contribution in [0.2, 0.25) is 0 Å². The summed E-state index contributed by atoms with van der Waals surface area (Å²) in [6.45, 7) is 6.83. The van der Waals surface area contributed by atoms with Gasteiger partial charge >= 0.3 is 5.97 Å². The fraction of sp³-hybridized carbons (Fsp3) is 0.375. The molecule has 1 heterocycles. The molecule has 1 aromatic heterocycles. The molecule has 5 nitrogen and oxygen atoms in total. The van der Waals surface area contributed by atoms with Crippen molar-refractivity contribution in [1.29, 1.82) is 0 Å². The van der Waals surface area contributed by atoms with E-state index in [4.69, 9.17) is 4.74 Å². The second kappa shape index (κ2) is 4.28. The minimum Gasteiger partial charge on any atom is -0.439 e. The van der Waals surface area contributed by atoms with Crippen molar-refractivity contribution in [2.45, 2.75) is 25.7 Å². The van der Waals surface area contributed by atoms with E-state index in [1.54, 1.807) is 13.8 Å². The van der Waals surface area contributed by atoms with Crippen LogP contribution < -0.4 is 0 Å². The van der Waals surface area contributed by atoms with E-state index in [0.717, 1.165) is 0 Å². The number of carbonyl (C=O) groups is 1. The molecule has 0 bridgehead atoms. The SMILES string of the molecule is C=C(C)C(=O)OCn1nc(S)nc1C. The molecule has 76 valence electrons. The largest absolute Gasteiger partial charge is 0.439 e. The zero-order valence-electron chi connectivity index (χ0n) is 8.02. The zero-order valence-corrected chi connectivity index (χ0v) is 8.91. The molecule has 0 aliphatic heterocycles. The summed E-state index contributed by atoms with van der Waals surface area (Å²) in [6, 6.07) is 0. The second-order valence-corrected chi connectivity index (χ2v) is 3.20. The van der Waals surface area contributed by atoms with Crippen LogP contribution in [0.1, 0.15) is 12.7 Å². The van der Waals surface area contributed by atoms with E-state index in [-0.39, 0.29) is 6.73 Å². The molecule has 6 heteroatoms. The molecule has 1 aromatic rings. The van der Waals surface area contributed by atoms with Gasteiger partial charge in [-0.1, -0.05) is 6.58 Å². The van der Waals surface area contributed by atoms with Crippen molar-refractivity contribution in [1.82, 2.24) is 14.8 Å². The molecular weight excluding hydrogens is 202 g/mol. The van der Waals surface area contributed by atoms with Gasteiger partial charge in [-0.2, -0.15) is 0 Å². The average Bonchev–Trinajstić information content (AvgIpc) is 2.40. The van der Waals surface area contributed by atoms with Gasteiger partial charge in [0.1, 0.15) is 5.82 Å². The predicted octanol–water partition coefficient (Wildman–Crippen LogP) is 0.952. The lowest BCUT2D eigenvalue weighted by atomic mass is 10.4. The first-order chi connectivity index (χ1) is 6.50. The molecule has 14 heavy (non-hydrogen) atoms. The highest BCUT2D eigenvalue weighted by atomic mass is 32.1. The summed E-state index contributed by atoms with van der Waals surface area (Å²) in [5, 5.41) is 4.26. The number of nitrogens with zero attached hydrogens (tertiary/aromatic N) is 3. The van der Waals surface area contributed by atoms with Crippen LogP contribution in [0, 0.1) is 6.92 Å². The van der Waals surface area contributed by atoms with Gasteiger partial charge in [0.2, 0.25) is 5.16 Å². The van der Waals surface area contributed by atoms with E-state index in [9.17, 15) is 4.79 Å². The Morgan fingerprint density at radius 1 is 1.71 bits per heavy atom. The highest BCUT2D eigenvalue weighted by Crippen LogP contribution is 2.02. The molecule has 0 unspecified atom stereocenters. The number of hydrogen-bond acceptors (Lipinski definition) is 5. The van der Waals surface area contributed by atoms with Gasteiger partial charge in [-0.3, -0.25) is 0 Å². The predicted molar refractivity (Wildman–Crippen MR) is 52.9 cm³/mol. The summed E-state index contributed by atoms with van der Waals surface area (Å²) < 4.78 is 6.32. The van der Waals surface area contributed by atoms with Gasteiger partial charge in [-0.25, -0.2) is 14.5 Å². The van der Waals surface area contributed by atoms with Gasteiger partial charge in [0.05, 0.1) is 0 Å². The van der Waals surface area contributed by atoms with Gasteiger partial charge in [-0.05, 0) is 13.8 Å². The molecule has 0 aliphatic rings. The number of esters is 1. The van der Waals surface area contributed by atoms with E-state index >= 15 is 0 Å². The van der Waals surface area contributed by atoms with Crippen LogP contribution in [0.3, 0.4) is 0 Å². The molecule has 0 atom stereocenters. The van der Waals surface area contributed by atoms with Crippen molar-refractivity contribution in [3.8, 4) is 0 Å². The molecule has 0 spiro atoms. The van der Waals surface area contributed by atoms with Crippen molar-refractivity contribution in [2.24, 2.45) is 0 Å². The number of aryl methyl sites for hydroxylation is 1. The maximum absolute atomic E-state index is 11.0. The van der Waals surface area contributed by atoms with Crippen LogP contribution >= 0.6 is 12.6 Å². The quantitative estimate of drug-likeness (QED) is 0.461. The van der Waals surface area contributed by atoms with Crippen LogP contribution in [-0.4, -0.2) is 20.7 Å². The lowest BCUT2D eigenvalue weighted by molar-refractivity contribution is -0.143. The van der Waals surface area contributed by atoms with Gasteiger partial charge in [0.25, 0.3) is 0 Å². The average molecular weight is 213 g/mol. The Hall–Kier alpha value is -1.30. The highest BCUT2D eigenvalue weighted by molar-refractivity contribution is 7.80. The maximum atomic E-state index is 11.0. The van der Waals surface area contributed by atoms with Crippen molar-refractivity contribution in [3.05, 3.63) is 18.0 Å². The third-order valence-corrected chi connectivity index (χ3v) is 1.70. The fourth-order valence-electron chi connectivity index (χ4n) is 0.770. The first kappa shape index (κ1) is 10.8. The standard InChI is InChI=1S/C8H11N3O2S/c1-5(2)7(12)13-4-11-6(3)9-8(14)10-11/h1,4H2,2-3H3,(H,10,14). The van der Waals surface area contributed by atoms with Crippen molar-refractivity contribution < 1.29 is 9.53 Å². The number of ether oxygens (including phenoxy) is 1. The Morgan fingerprint density at radius 3 is 2.79 bits per heavy atom. The number of thiol groups is 1. The first-order valence-corrected chi connectivity index (χ1v) is 4.38. The summed E-state index contributed by atoms with van der Waals surface area (Å²) in [5.74, 6) is 0.199. The Balaban J connectivity index is 2.58. The van der Waals surface area contributed by atoms with E-state index in [1.165, 1.54) is 4.68 Å². The van der Waals surface area contributed by atoms with Gasteiger partial charge in [-0.15, -0.1) is 17.7 Å².